The average Bonchev–Trinajstić information content (AvgIpc) is 2.83. The SMILES string of the molecule is CCNc1cc(C(F)(F)F)cc(N(C)C2CCOC2C)n1. The maximum absolute atomic E-state index is 13.0. The molecule has 1 saturated heterocycles. The van der Waals surface area contributed by atoms with Crippen LogP contribution in [0.1, 0.15) is 25.8 Å². The molecule has 1 aliphatic heterocycles. The number of alkyl halides is 3. The highest BCUT2D eigenvalue weighted by molar-refractivity contribution is 5.51. The summed E-state index contributed by atoms with van der Waals surface area (Å²) in [6, 6.07) is 2.16. The number of nitrogens with one attached hydrogen (secondary N) is 1. The molecule has 2 unspecified atom stereocenters. The van der Waals surface area contributed by atoms with Crippen LogP contribution in [-0.2, 0) is 10.9 Å². The Bertz CT molecular complexity index is 493. The van der Waals surface area contributed by atoms with E-state index in [1.807, 2.05) is 13.8 Å². The lowest BCUT2D eigenvalue weighted by Crippen LogP contribution is -2.37. The first kappa shape index (κ1) is 15.9. The summed E-state index contributed by atoms with van der Waals surface area (Å²) in [7, 11) is 1.76. The Morgan fingerprint density at radius 3 is 2.67 bits per heavy atom. The Morgan fingerprint density at radius 2 is 2.14 bits per heavy atom. The number of hydrogen-bond donors (Lipinski definition) is 1. The molecule has 4 nitrogen and oxygen atoms in total. The van der Waals surface area contributed by atoms with E-state index in [0.717, 1.165) is 18.6 Å². The molecule has 1 fully saturated rings. The van der Waals surface area contributed by atoms with Gasteiger partial charge in [0.25, 0.3) is 0 Å². The van der Waals surface area contributed by atoms with E-state index in [2.05, 4.69) is 10.3 Å². The van der Waals surface area contributed by atoms with Gasteiger partial charge in [0.05, 0.1) is 17.7 Å². The molecule has 1 aliphatic rings. The second-order valence-electron chi connectivity index (χ2n) is 5.17. The highest BCUT2D eigenvalue weighted by Gasteiger charge is 2.34. The summed E-state index contributed by atoms with van der Waals surface area (Å²) in [5.41, 5.74) is -0.693. The van der Waals surface area contributed by atoms with E-state index in [-0.39, 0.29) is 18.0 Å². The molecule has 0 saturated carbocycles. The van der Waals surface area contributed by atoms with Gasteiger partial charge < -0.3 is 15.0 Å². The lowest BCUT2D eigenvalue weighted by Gasteiger charge is -2.28. The number of nitrogens with zero attached hydrogens (tertiary/aromatic N) is 2. The fourth-order valence-corrected chi connectivity index (χ4v) is 2.53. The minimum absolute atomic E-state index is 0.0195. The lowest BCUT2D eigenvalue weighted by atomic mass is 10.1. The van der Waals surface area contributed by atoms with Crippen molar-refractivity contribution in [2.75, 3.05) is 30.4 Å². The summed E-state index contributed by atoms with van der Waals surface area (Å²) < 4.78 is 44.5. The molecule has 0 radical (unpaired) electrons. The zero-order valence-electron chi connectivity index (χ0n) is 12.4. The van der Waals surface area contributed by atoms with Crippen molar-refractivity contribution in [1.29, 1.82) is 0 Å². The van der Waals surface area contributed by atoms with Gasteiger partial charge in [-0.25, -0.2) is 4.98 Å². The molecule has 2 atom stereocenters. The second kappa shape index (κ2) is 6.09. The summed E-state index contributed by atoms with van der Waals surface area (Å²) in [5.74, 6) is 0.545. The Labute approximate surface area is 122 Å². The van der Waals surface area contributed by atoms with Crippen LogP contribution in [0.4, 0.5) is 24.8 Å². The van der Waals surface area contributed by atoms with E-state index >= 15 is 0 Å². The van der Waals surface area contributed by atoms with Gasteiger partial charge in [0.2, 0.25) is 0 Å². The van der Waals surface area contributed by atoms with Crippen molar-refractivity contribution >= 4 is 11.6 Å². The molecular formula is C14H20F3N3O. The summed E-state index contributed by atoms with van der Waals surface area (Å²) in [6.07, 6.45) is -3.62. The van der Waals surface area contributed by atoms with E-state index in [0.29, 0.717) is 19.0 Å². The number of likely N-dealkylation sites (N-methyl/N-ethyl adjacent to an activating group) is 1. The van der Waals surface area contributed by atoms with Gasteiger partial charge in [0.1, 0.15) is 11.6 Å². The summed E-state index contributed by atoms with van der Waals surface area (Å²) >= 11 is 0. The van der Waals surface area contributed by atoms with Crippen molar-refractivity contribution in [2.45, 2.75) is 38.6 Å². The Balaban J connectivity index is 2.35. The van der Waals surface area contributed by atoms with Crippen LogP contribution in [0.25, 0.3) is 0 Å². The molecule has 0 aromatic carbocycles. The predicted molar refractivity (Wildman–Crippen MR) is 75.6 cm³/mol. The van der Waals surface area contributed by atoms with Gasteiger partial charge in [0.15, 0.2) is 0 Å². The fourth-order valence-electron chi connectivity index (χ4n) is 2.53. The van der Waals surface area contributed by atoms with Crippen LogP contribution in [0.5, 0.6) is 0 Å². The average molecular weight is 303 g/mol. The van der Waals surface area contributed by atoms with Crippen LogP contribution in [0, 0.1) is 0 Å². The quantitative estimate of drug-likeness (QED) is 0.927. The highest BCUT2D eigenvalue weighted by Crippen LogP contribution is 2.34. The van der Waals surface area contributed by atoms with Crippen molar-refractivity contribution < 1.29 is 17.9 Å². The van der Waals surface area contributed by atoms with Crippen molar-refractivity contribution in [2.24, 2.45) is 0 Å². The highest BCUT2D eigenvalue weighted by atomic mass is 19.4. The molecule has 7 heteroatoms. The predicted octanol–water partition coefficient (Wildman–Crippen LogP) is 3.15. The summed E-state index contributed by atoms with van der Waals surface area (Å²) in [4.78, 5) is 6.05. The molecule has 1 aromatic heterocycles. The van der Waals surface area contributed by atoms with Crippen LogP contribution in [-0.4, -0.2) is 37.3 Å². The molecule has 21 heavy (non-hydrogen) atoms. The molecule has 0 spiro atoms. The molecule has 2 heterocycles. The second-order valence-corrected chi connectivity index (χ2v) is 5.17. The third kappa shape index (κ3) is 3.58. The Kier molecular flexibility index (Phi) is 4.61. The van der Waals surface area contributed by atoms with Crippen molar-refractivity contribution in [3.8, 4) is 0 Å². The standard InChI is InChI=1S/C14H20F3N3O/c1-4-18-12-7-10(14(15,16)17)8-13(19-12)20(3)11-5-6-21-9(11)2/h7-9,11H,4-6H2,1-3H3,(H,18,19). The van der Waals surface area contributed by atoms with Crippen LogP contribution >= 0.6 is 0 Å². The summed E-state index contributed by atoms with van der Waals surface area (Å²) in [5, 5.41) is 2.85. The lowest BCUT2D eigenvalue weighted by molar-refractivity contribution is -0.137. The number of ether oxygens (including phenoxy) is 1. The van der Waals surface area contributed by atoms with Gasteiger partial charge in [-0.2, -0.15) is 13.2 Å². The van der Waals surface area contributed by atoms with E-state index in [1.54, 1.807) is 11.9 Å². The first-order chi connectivity index (χ1) is 9.82. The van der Waals surface area contributed by atoms with Crippen LogP contribution < -0.4 is 10.2 Å². The Hall–Kier alpha value is -1.50. The topological polar surface area (TPSA) is 37.4 Å². The largest absolute Gasteiger partial charge is 0.416 e. The molecule has 2 rings (SSSR count). The molecular weight excluding hydrogens is 283 g/mol. The fraction of sp³-hybridized carbons (Fsp3) is 0.643. The van der Waals surface area contributed by atoms with Crippen molar-refractivity contribution in [1.82, 2.24) is 4.98 Å². The molecule has 118 valence electrons. The van der Waals surface area contributed by atoms with Gasteiger partial charge in [-0.05, 0) is 32.4 Å². The van der Waals surface area contributed by atoms with E-state index in [1.165, 1.54) is 0 Å². The van der Waals surface area contributed by atoms with E-state index in [4.69, 9.17) is 4.74 Å². The van der Waals surface area contributed by atoms with Crippen LogP contribution in [0.15, 0.2) is 12.1 Å². The normalized spacial score (nSPS) is 22.4. The minimum atomic E-state index is -4.39. The number of hydrogen-bond acceptors (Lipinski definition) is 4. The van der Waals surface area contributed by atoms with Crippen molar-refractivity contribution in [3.63, 3.8) is 0 Å². The van der Waals surface area contributed by atoms with Gasteiger partial charge >= 0.3 is 6.18 Å². The van der Waals surface area contributed by atoms with Crippen LogP contribution in [0.2, 0.25) is 0 Å². The summed E-state index contributed by atoms with van der Waals surface area (Å²) in [6.45, 7) is 4.88. The number of halogens is 3. The molecule has 0 bridgehead atoms. The smallest absolute Gasteiger partial charge is 0.376 e. The van der Waals surface area contributed by atoms with Gasteiger partial charge in [0, 0.05) is 20.2 Å². The number of anilines is 2. The number of aromatic nitrogens is 1. The van der Waals surface area contributed by atoms with Crippen molar-refractivity contribution in [3.05, 3.63) is 17.7 Å². The van der Waals surface area contributed by atoms with Crippen LogP contribution in [0.3, 0.4) is 0 Å². The zero-order chi connectivity index (χ0) is 15.6. The van der Waals surface area contributed by atoms with Gasteiger partial charge in [-0.1, -0.05) is 0 Å². The first-order valence-electron chi connectivity index (χ1n) is 7.00. The third-order valence-electron chi connectivity index (χ3n) is 3.69. The number of rotatable bonds is 4. The maximum Gasteiger partial charge on any atom is 0.416 e. The maximum atomic E-state index is 13.0. The molecule has 1 N–H and O–H groups in total. The van der Waals surface area contributed by atoms with Gasteiger partial charge in [-0.15, -0.1) is 0 Å². The number of pyridine rings is 1. The zero-order valence-corrected chi connectivity index (χ0v) is 12.4. The Morgan fingerprint density at radius 1 is 1.43 bits per heavy atom. The van der Waals surface area contributed by atoms with E-state index < -0.39 is 11.7 Å². The van der Waals surface area contributed by atoms with E-state index in [9.17, 15) is 13.2 Å². The third-order valence-corrected chi connectivity index (χ3v) is 3.69. The molecule has 1 aromatic rings. The first-order valence-corrected chi connectivity index (χ1v) is 7.00. The molecule has 0 amide bonds. The van der Waals surface area contributed by atoms with Gasteiger partial charge in [-0.3, -0.25) is 0 Å². The molecule has 0 aliphatic carbocycles. The monoisotopic (exact) mass is 303 g/mol. The minimum Gasteiger partial charge on any atom is -0.376 e.